The van der Waals surface area contributed by atoms with Crippen LogP contribution in [0, 0.1) is 29.1 Å². The second-order valence-corrected chi connectivity index (χ2v) is 18.6. The Hall–Kier alpha value is -0.973. The van der Waals surface area contributed by atoms with Crippen LogP contribution in [0.3, 0.4) is 0 Å². The van der Waals surface area contributed by atoms with Crippen molar-refractivity contribution in [1.29, 1.82) is 0 Å². The highest BCUT2D eigenvalue weighted by atomic mass is 79.9. The Balaban J connectivity index is 1.79. The lowest BCUT2D eigenvalue weighted by molar-refractivity contribution is -0.318. The van der Waals surface area contributed by atoms with Gasteiger partial charge in [-0.2, -0.15) is 8.42 Å². The summed E-state index contributed by atoms with van der Waals surface area (Å²) in [5.41, 5.74) is 0.0956. The van der Waals surface area contributed by atoms with Crippen molar-refractivity contribution in [2.24, 2.45) is 22.2 Å². The molecule has 0 amide bonds. The van der Waals surface area contributed by atoms with Crippen LogP contribution < -0.4 is 0 Å². The van der Waals surface area contributed by atoms with Gasteiger partial charge >= 0.3 is 10.1 Å². The fraction of sp³-hybridized carbons (Fsp3) is 0.615. The SMILES string of the molecule is COC12OCC3(C)C4=CC[C@@H](C)C4(C(Br)=C(OS(=O)(=O)c4ccc(C)cc4)C31C)C2O[Si](C)(C)C. The maximum Gasteiger partial charge on any atom is 0.338 e. The van der Waals surface area contributed by atoms with Gasteiger partial charge in [0.1, 0.15) is 16.8 Å². The smallest absolute Gasteiger partial charge is 0.338 e. The third kappa shape index (κ3) is 2.94. The van der Waals surface area contributed by atoms with Crippen LogP contribution in [0.1, 0.15) is 32.8 Å². The van der Waals surface area contributed by atoms with Crippen molar-refractivity contribution in [2.45, 2.75) is 70.5 Å². The van der Waals surface area contributed by atoms with E-state index in [0.29, 0.717) is 12.4 Å². The van der Waals surface area contributed by atoms with Crippen molar-refractivity contribution < 1.29 is 26.5 Å². The van der Waals surface area contributed by atoms with Crippen LogP contribution in [0.5, 0.6) is 0 Å². The Kier molecular flexibility index (Phi) is 5.53. The highest BCUT2D eigenvalue weighted by Gasteiger charge is 2.86. The Morgan fingerprint density at radius 2 is 1.77 bits per heavy atom. The van der Waals surface area contributed by atoms with E-state index in [9.17, 15) is 8.42 Å². The van der Waals surface area contributed by atoms with Crippen molar-refractivity contribution in [2.75, 3.05) is 13.7 Å². The molecule has 6 nitrogen and oxygen atoms in total. The quantitative estimate of drug-likeness (QED) is 0.236. The molecule has 35 heavy (non-hydrogen) atoms. The molecule has 6 atom stereocenters. The van der Waals surface area contributed by atoms with Gasteiger partial charge in [0, 0.05) is 17.0 Å². The molecule has 5 unspecified atom stereocenters. The Labute approximate surface area is 218 Å². The molecule has 1 aliphatic heterocycles. The molecule has 1 saturated heterocycles. The van der Waals surface area contributed by atoms with Gasteiger partial charge in [0.05, 0.1) is 17.4 Å². The van der Waals surface area contributed by atoms with E-state index in [4.69, 9.17) is 18.1 Å². The molecular weight excluding hydrogens is 548 g/mol. The number of allylic oxidation sites excluding steroid dienone is 1. The van der Waals surface area contributed by atoms with Gasteiger partial charge in [0.25, 0.3) is 0 Å². The summed E-state index contributed by atoms with van der Waals surface area (Å²) < 4.78 is 53.9. The normalized spacial score (nSPS) is 40.2. The maximum atomic E-state index is 13.6. The molecule has 4 bridgehead atoms. The third-order valence-corrected chi connectivity index (χ3v) is 12.1. The zero-order valence-electron chi connectivity index (χ0n) is 21.7. The topological polar surface area (TPSA) is 71.1 Å². The molecule has 1 spiro atoms. The van der Waals surface area contributed by atoms with Gasteiger partial charge in [-0.1, -0.05) is 59.1 Å². The predicted octanol–water partition coefficient (Wildman–Crippen LogP) is 5.89. The number of methoxy groups -OCH3 is 1. The molecule has 1 heterocycles. The van der Waals surface area contributed by atoms with Gasteiger partial charge in [-0.15, -0.1) is 0 Å². The molecule has 1 saturated carbocycles. The Morgan fingerprint density at radius 3 is 2.34 bits per heavy atom. The molecule has 5 aliphatic rings. The summed E-state index contributed by atoms with van der Waals surface area (Å²) in [4.78, 5) is 0.119. The van der Waals surface area contributed by atoms with E-state index in [1.165, 1.54) is 5.57 Å². The summed E-state index contributed by atoms with van der Waals surface area (Å²) in [6.45, 7) is 15.1. The zero-order chi connectivity index (χ0) is 25.8. The van der Waals surface area contributed by atoms with E-state index in [-0.39, 0.29) is 10.8 Å². The maximum absolute atomic E-state index is 13.6. The number of aryl methyl sites for hydroxylation is 1. The predicted molar refractivity (Wildman–Crippen MR) is 140 cm³/mol. The van der Waals surface area contributed by atoms with Crippen LogP contribution in [0.15, 0.2) is 51.1 Å². The summed E-state index contributed by atoms with van der Waals surface area (Å²) in [7, 11) is -4.55. The molecule has 6 rings (SSSR count). The standard InChI is InChI=1S/C26H35BrO6SSi/c1-16-9-12-18(13-10-16)34(28,29)32-21-20(27)25-17(2)11-14-19(25)23(3)15-31-26(30-5,24(21,23)4)22(25)33-35(6,7)8/h9-10,12-14,17,22H,11,15H2,1-8H3/t17-,22?,23?,24?,25?,26?/m1/s1. The number of hydrogen-bond donors (Lipinski definition) is 0. The van der Waals surface area contributed by atoms with Crippen LogP contribution in [-0.2, 0) is 28.2 Å². The molecule has 4 aliphatic carbocycles. The molecule has 2 fully saturated rings. The molecule has 1 aromatic carbocycles. The zero-order valence-corrected chi connectivity index (χ0v) is 25.1. The number of rotatable bonds is 6. The largest absolute Gasteiger partial charge is 0.408 e. The van der Waals surface area contributed by atoms with Crippen LogP contribution in [0.2, 0.25) is 19.6 Å². The number of hydrogen-bond acceptors (Lipinski definition) is 6. The number of benzene rings is 1. The molecule has 1 aromatic rings. The van der Waals surface area contributed by atoms with Gasteiger partial charge in [-0.25, -0.2) is 0 Å². The van der Waals surface area contributed by atoms with Crippen LogP contribution >= 0.6 is 15.9 Å². The van der Waals surface area contributed by atoms with Crippen molar-refractivity contribution in [3.8, 4) is 0 Å². The summed E-state index contributed by atoms with van der Waals surface area (Å²) in [6.07, 6.45) is 2.73. The first-order valence-electron chi connectivity index (χ1n) is 12.1. The second kappa shape index (κ2) is 7.54. The number of halogens is 1. The van der Waals surface area contributed by atoms with E-state index < -0.39 is 46.6 Å². The van der Waals surface area contributed by atoms with Crippen molar-refractivity contribution in [3.05, 3.63) is 51.7 Å². The van der Waals surface area contributed by atoms with Crippen molar-refractivity contribution >= 4 is 34.4 Å². The first-order chi connectivity index (χ1) is 16.1. The van der Waals surface area contributed by atoms with E-state index in [1.54, 1.807) is 31.4 Å². The minimum Gasteiger partial charge on any atom is -0.408 e. The number of ether oxygens (including phenoxy) is 2. The van der Waals surface area contributed by atoms with Crippen molar-refractivity contribution in [1.82, 2.24) is 0 Å². The second-order valence-electron chi connectivity index (χ2n) is 11.8. The Morgan fingerprint density at radius 1 is 1.14 bits per heavy atom. The minimum absolute atomic E-state index is 0.119. The van der Waals surface area contributed by atoms with Crippen LogP contribution in [0.4, 0.5) is 0 Å². The van der Waals surface area contributed by atoms with E-state index in [0.717, 1.165) is 16.5 Å². The highest BCUT2D eigenvalue weighted by Crippen LogP contribution is 2.82. The van der Waals surface area contributed by atoms with Crippen LogP contribution in [-0.4, -0.2) is 42.3 Å². The lowest BCUT2D eigenvalue weighted by Crippen LogP contribution is -2.75. The molecule has 0 radical (unpaired) electrons. The summed E-state index contributed by atoms with van der Waals surface area (Å²) >= 11 is 3.90. The molecular formula is C26H35BrO6SSi. The summed E-state index contributed by atoms with van der Waals surface area (Å²) in [5.74, 6) is -0.705. The fourth-order valence-corrected chi connectivity index (χ4v) is 10.5. The molecule has 192 valence electrons. The lowest BCUT2D eigenvalue weighted by atomic mass is 9.41. The van der Waals surface area contributed by atoms with Gasteiger partial charge in [0.2, 0.25) is 5.79 Å². The summed E-state index contributed by atoms with van der Waals surface area (Å²) in [6, 6.07) is 6.71. The molecule has 0 aromatic heterocycles. The van der Waals surface area contributed by atoms with Gasteiger partial charge in [0.15, 0.2) is 8.32 Å². The van der Waals surface area contributed by atoms with Gasteiger partial charge < -0.3 is 18.1 Å². The average molecular weight is 584 g/mol. The van der Waals surface area contributed by atoms with Crippen LogP contribution in [0.25, 0.3) is 0 Å². The molecule has 0 N–H and O–H groups in total. The minimum atomic E-state index is -4.10. The monoisotopic (exact) mass is 582 g/mol. The van der Waals surface area contributed by atoms with E-state index in [2.05, 4.69) is 55.5 Å². The van der Waals surface area contributed by atoms with E-state index >= 15 is 0 Å². The van der Waals surface area contributed by atoms with Crippen molar-refractivity contribution in [3.63, 3.8) is 0 Å². The van der Waals surface area contributed by atoms with E-state index in [1.807, 2.05) is 13.8 Å². The first-order valence-corrected chi connectivity index (χ1v) is 17.7. The average Bonchev–Trinajstić information content (AvgIpc) is 3.21. The van der Waals surface area contributed by atoms with Gasteiger partial charge in [-0.05, 0) is 58.0 Å². The Bertz CT molecular complexity index is 1250. The fourth-order valence-electron chi connectivity index (χ4n) is 7.05. The first kappa shape index (κ1) is 25.7. The third-order valence-electron chi connectivity index (χ3n) is 8.92. The molecule has 9 heteroatoms. The van der Waals surface area contributed by atoms with Gasteiger partial charge in [-0.3, -0.25) is 0 Å². The summed E-state index contributed by atoms with van der Waals surface area (Å²) in [5, 5.41) is 0. The lowest BCUT2D eigenvalue weighted by Gasteiger charge is -2.67. The highest BCUT2D eigenvalue weighted by molar-refractivity contribution is 9.11.